The summed E-state index contributed by atoms with van der Waals surface area (Å²) in [6.45, 7) is 2.53. The summed E-state index contributed by atoms with van der Waals surface area (Å²) in [5.74, 6) is -0.990. The van der Waals surface area contributed by atoms with E-state index in [1.54, 1.807) is 0 Å². The summed E-state index contributed by atoms with van der Waals surface area (Å²) < 4.78 is 5.33. The number of amides is 1. The molecule has 0 aromatic heterocycles. The third-order valence-electron chi connectivity index (χ3n) is 3.58. The fraction of sp³-hybridized carbons (Fsp3) is 0.412. The molecule has 0 bridgehead atoms. The number of benzene rings is 1. The highest BCUT2D eigenvalue weighted by atomic mass is 16.5. The zero-order valence-corrected chi connectivity index (χ0v) is 12.2. The molecule has 0 saturated carbocycles. The van der Waals surface area contributed by atoms with Gasteiger partial charge in [-0.3, -0.25) is 9.59 Å². The van der Waals surface area contributed by atoms with E-state index in [4.69, 9.17) is 4.74 Å². The van der Waals surface area contributed by atoms with E-state index in [9.17, 15) is 9.59 Å². The number of hydrogen-bond acceptors (Lipinski definition) is 3. The molecule has 1 amide bonds. The topological polar surface area (TPSA) is 55.4 Å². The van der Waals surface area contributed by atoms with Crippen LogP contribution in [0.1, 0.15) is 31.2 Å². The van der Waals surface area contributed by atoms with Gasteiger partial charge in [0.2, 0.25) is 5.91 Å². The number of cyclic esters (lactones) is 1. The maximum Gasteiger partial charge on any atom is 0.308 e. The Balaban J connectivity index is 2.15. The minimum absolute atomic E-state index is 0.0860. The number of nitrogens with one attached hydrogen (secondary N) is 1. The Morgan fingerprint density at radius 3 is 2.67 bits per heavy atom. The average Bonchev–Trinajstić information content (AvgIpc) is 2.50. The van der Waals surface area contributed by atoms with Crippen LogP contribution in [-0.2, 0) is 14.3 Å². The zero-order chi connectivity index (χ0) is 15.1. The van der Waals surface area contributed by atoms with E-state index in [0.717, 1.165) is 12.0 Å². The third kappa shape index (κ3) is 4.45. The zero-order valence-electron chi connectivity index (χ0n) is 12.2. The average molecular weight is 287 g/mol. The lowest BCUT2D eigenvalue weighted by Gasteiger charge is -2.19. The first-order valence-corrected chi connectivity index (χ1v) is 7.32. The summed E-state index contributed by atoms with van der Waals surface area (Å²) in [6, 6.07) is 9.42. The monoisotopic (exact) mass is 287 g/mol. The number of carbonyl (C=O) groups is 2. The fourth-order valence-corrected chi connectivity index (χ4v) is 2.23. The molecule has 21 heavy (non-hydrogen) atoms. The van der Waals surface area contributed by atoms with E-state index in [2.05, 4.69) is 5.32 Å². The van der Waals surface area contributed by atoms with Crippen molar-refractivity contribution in [2.75, 3.05) is 13.2 Å². The fourth-order valence-electron chi connectivity index (χ4n) is 2.23. The number of allylic oxidation sites excluding steroid dienone is 1. The number of carbonyl (C=O) groups excluding carboxylic acids is 2. The predicted molar refractivity (Wildman–Crippen MR) is 80.7 cm³/mol. The van der Waals surface area contributed by atoms with Crippen LogP contribution in [0.5, 0.6) is 0 Å². The lowest BCUT2D eigenvalue weighted by Crippen LogP contribution is -2.33. The molecule has 1 N–H and O–H groups in total. The quantitative estimate of drug-likeness (QED) is 0.637. The second kappa shape index (κ2) is 7.62. The number of hydrogen-bond donors (Lipinski definition) is 1. The molecular weight excluding hydrogens is 266 g/mol. The molecular formula is C17H21NO3. The van der Waals surface area contributed by atoms with E-state index in [1.165, 1.54) is 0 Å². The Kier molecular flexibility index (Phi) is 5.55. The van der Waals surface area contributed by atoms with Crippen LogP contribution in [0, 0.1) is 5.92 Å². The summed E-state index contributed by atoms with van der Waals surface area (Å²) in [5, 5.41) is 2.89. The maximum absolute atomic E-state index is 12.3. The molecule has 1 aromatic carbocycles. The first-order valence-electron chi connectivity index (χ1n) is 7.32. The van der Waals surface area contributed by atoms with Crippen LogP contribution in [0.4, 0.5) is 0 Å². The van der Waals surface area contributed by atoms with Crippen molar-refractivity contribution in [3.8, 4) is 0 Å². The summed E-state index contributed by atoms with van der Waals surface area (Å²) in [7, 11) is 0. The molecule has 0 radical (unpaired) electrons. The molecule has 0 unspecified atom stereocenters. The largest absolute Gasteiger partial charge is 0.464 e. The van der Waals surface area contributed by atoms with Crippen LogP contribution in [0.25, 0.3) is 0 Å². The van der Waals surface area contributed by atoms with Gasteiger partial charge in [-0.2, -0.15) is 0 Å². The highest BCUT2D eigenvalue weighted by Crippen LogP contribution is 2.18. The SMILES string of the molecule is C[C@@H]1C/C=C/CCNC(=O)[C@H](c2ccccc2)COC1=O. The Bertz CT molecular complexity index is 510. The van der Waals surface area contributed by atoms with Crippen molar-refractivity contribution >= 4 is 11.9 Å². The van der Waals surface area contributed by atoms with E-state index >= 15 is 0 Å². The van der Waals surface area contributed by atoms with Crippen LogP contribution in [0.2, 0.25) is 0 Å². The molecule has 112 valence electrons. The van der Waals surface area contributed by atoms with Gasteiger partial charge >= 0.3 is 5.97 Å². The highest BCUT2D eigenvalue weighted by molar-refractivity contribution is 5.84. The number of ether oxygens (including phenoxy) is 1. The predicted octanol–water partition coefficient (Wildman–Crippen LogP) is 2.42. The standard InChI is InChI=1S/C17H21NO3/c1-13-8-4-3-7-11-18-16(19)15(12-21-17(13)20)14-9-5-2-6-10-14/h2-6,9-10,13,15H,7-8,11-12H2,1H3,(H,18,19)/b4-3+/t13-,15+/m1/s1. The van der Waals surface area contributed by atoms with Crippen LogP contribution < -0.4 is 5.32 Å². The second-order valence-corrected chi connectivity index (χ2v) is 5.28. The number of rotatable bonds is 1. The van der Waals surface area contributed by atoms with Crippen molar-refractivity contribution in [3.63, 3.8) is 0 Å². The minimum atomic E-state index is -0.453. The van der Waals surface area contributed by atoms with Crippen molar-refractivity contribution in [2.24, 2.45) is 5.92 Å². The van der Waals surface area contributed by atoms with E-state index in [1.807, 2.05) is 49.4 Å². The second-order valence-electron chi connectivity index (χ2n) is 5.28. The highest BCUT2D eigenvalue weighted by Gasteiger charge is 2.23. The first-order chi connectivity index (χ1) is 10.2. The molecule has 1 heterocycles. The molecule has 4 nitrogen and oxygen atoms in total. The summed E-state index contributed by atoms with van der Waals surface area (Å²) in [6.07, 6.45) is 5.40. The summed E-state index contributed by atoms with van der Waals surface area (Å²) in [4.78, 5) is 24.2. The van der Waals surface area contributed by atoms with Gasteiger partial charge in [0, 0.05) is 6.54 Å². The number of esters is 1. The van der Waals surface area contributed by atoms with E-state index < -0.39 is 5.92 Å². The molecule has 1 aliphatic heterocycles. The Labute approximate surface area is 125 Å². The Morgan fingerprint density at radius 1 is 1.14 bits per heavy atom. The van der Waals surface area contributed by atoms with Crippen LogP contribution in [0.3, 0.4) is 0 Å². The lowest BCUT2D eigenvalue weighted by molar-refractivity contribution is -0.149. The Morgan fingerprint density at radius 2 is 1.90 bits per heavy atom. The molecule has 0 spiro atoms. The van der Waals surface area contributed by atoms with Gasteiger partial charge < -0.3 is 10.1 Å². The van der Waals surface area contributed by atoms with E-state index in [0.29, 0.717) is 13.0 Å². The van der Waals surface area contributed by atoms with Crippen molar-refractivity contribution in [2.45, 2.75) is 25.7 Å². The van der Waals surface area contributed by atoms with Gasteiger partial charge in [-0.1, -0.05) is 49.4 Å². The molecule has 2 rings (SSSR count). The molecule has 0 aliphatic carbocycles. The molecule has 4 heteroatoms. The van der Waals surface area contributed by atoms with Gasteiger partial charge in [0.05, 0.1) is 11.8 Å². The van der Waals surface area contributed by atoms with Crippen molar-refractivity contribution < 1.29 is 14.3 Å². The van der Waals surface area contributed by atoms with Gasteiger partial charge in [-0.25, -0.2) is 0 Å². The van der Waals surface area contributed by atoms with Gasteiger partial charge in [0.15, 0.2) is 0 Å². The smallest absolute Gasteiger partial charge is 0.308 e. The lowest BCUT2D eigenvalue weighted by atomic mass is 9.98. The molecule has 1 aromatic rings. The molecule has 0 saturated heterocycles. The van der Waals surface area contributed by atoms with Crippen molar-refractivity contribution in [1.29, 1.82) is 0 Å². The van der Waals surface area contributed by atoms with Crippen LogP contribution in [-0.4, -0.2) is 25.0 Å². The van der Waals surface area contributed by atoms with Crippen LogP contribution in [0.15, 0.2) is 42.5 Å². The maximum atomic E-state index is 12.3. The van der Waals surface area contributed by atoms with Gasteiger partial charge in [0.25, 0.3) is 0 Å². The molecule has 0 fully saturated rings. The van der Waals surface area contributed by atoms with Gasteiger partial charge in [0.1, 0.15) is 6.61 Å². The van der Waals surface area contributed by atoms with Crippen molar-refractivity contribution in [3.05, 3.63) is 48.0 Å². The third-order valence-corrected chi connectivity index (χ3v) is 3.58. The normalized spacial score (nSPS) is 26.0. The first kappa shape index (κ1) is 15.3. The molecule has 2 atom stereocenters. The summed E-state index contributed by atoms with van der Waals surface area (Å²) in [5.41, 5.74) is 0.864. The minimum Gasteiger partial charge on any atom is -0.464 e. The summed E-state index contributed by atoms with van der Waals surface area (Å²) >= 11 is 0. The Hall–Kier alpha value is -2.10. The van der Waals surface area contributed by atoms with E-state index in [-0.39, 0.29) is 24.4 Å². The van der Waals surface area contributed by atoms with Crippen molar-refractivity contribution in [1.82, 2.24) is 5.32 Å². The van der Waals surface area contributed by atoms with Crippen LogP contribution >= 0.6 is 0 Å². The molecule has 1 aliphatic rings. The van der Waals surface area contributed by atoms with Gasteiger partial charge in [-0.05, 0) is 18.4 Å². The van der Waals surface area contributed by atoms with Gasteiger partial charge in [-0.15, -0.1) is 0 Å².